The molecule has 0 saturated carbocycles. The van der Waals surface area contributed by atoms with E-state index >= 15 is 0 Å². The molecular weight excluding hydrogens is 449 g/mol. The second-order valence-electron chi connectivity index (χ2n) is 5.52. The van der Waals surface area contributed by atoms with Gasteiger partial charge in [-0.15, -0.1) is 0 Å². The van der Waals surface area contributed by atoms with Gasteiger partial charge in [0.05, 0.1) is 26.9 Å². The molecular formula is C18H20IN3O4. The molecule has 0 radical (unpaired) electrons. The van der Waals surface area contributed by atoms with Gasteiger partial charge in [0, 0.05) is 16.5 Å². The fraction of sp³-hybridized carbons (Fsp3) is 0.222. The number of anilines is 2. The second kappa shape index (κ2) is 8.37. The molecule has 6 N–H and O–H groups in total. The van der Waals surface area contributed by atoms with Gasteiger partial charge in [0.25, 0.3) is 0 Å². The highest BCUT2D eigenvalue weighted by Crippen LogP contribution is 2.34. The number of carboxylic acid groups (broad SMARTS) is 1. The van der Waals surface area contributed by atoms with Crippen LogP contribution in [-0.2, 0) is 4.79 Å². The average Bonchev–Trinajstić information content (AvgIpc) is 2.60. The van der Waals surface area contributed by atoms with Gasteiger partial charge in [-0.05, 0) is 66.8 Å². The number of halogens is 1. The summed E-state index contributed by atoms with van der Waals surface area (Å²) in [6.45, 7) is 3.78. The lowest BCUT2D eigenvalue weighted by Crippen LogP contribution is -2.13. The van der Waals surface area contributed by atoms with E-state index in [1.165, 1.54) is 6.92 Å². The highest BCUT2D eigenvalue weighted by Gasteiger charge is 2.11. The van der Waals surface area contributed by atoms with Crippen LogP contribution in [0.4, 0.5) is 11.4 Å². The van der Waals surface area contributed by atoms with Crippen LogP contribution in [0.15, 0.2) is 30.3 Å². The normalized spacial score (nSPS) is 11.7. The van der Waals surface area contributed by atoms with Crippen molar-refractivity contribution in [1.29, 1.82) is 0 Å². The van der Waals surface area contributed by atoms with Gasteiger partial charge in [0.2, 0.25) is 0 Å². The third-order valence-electron chi connectivity index (χ3n) is 3.60. The first-order valence-electron chi connectivity index (χ1n) is 7.86. The molecule has 0 aliphatic rings. The molecule has 2 aromatic carbocycles. The Bertz CT molecular complexity index is 960. The number of aliphatic hydroxyl groups is 1. The number of pyridine rings is 1. The van der Waals surface area contributed by atoms with Crippen LogP contribution in [0.1, 0.15) is 13.8 Å². The van der Waals surface area contributed by atoms with Gasteiger partial charge in [0.15, 0.2) is 0 Å². The molecule has 3 rings (SSSR count). The van der Waals surface area contributed by atoms with Gasteiger partial charge in [-0.2, -0.15) is 0 Å². The minimum atomic E-state index is -1.23. The molecule has 3 aromatic rings. The molecule has 0 amide bonds. The third kappa shape index (κ3) is 4.25. The molecule has 0 aliphatic carbocycles. The highest BCUT2D eigenvalue weighted by molar-refractivity contribution is 14.1. The number of hydrogen-bond acceptors (Lipinski definition) is 6. The molecule has 0 saturated heterocycles. The summed E-state index contributed by atoms with van der Waals surface area (Å²) in [6.07, 6.45) is -1.23. The van der Waals surface area contributed by atoms with Crippen LogP contribution < -0.4 is 16.2 Å². The number of nitrogens with two attached hydrogens (primary N) is 2. The van der Waals surface area contributed by atoms with E-state index in [1.54, 1.807) is 0 Å². The Hall–Kier alpha value is -2.33. The summed E-state index contributed by atoms with van der Waals surface area (Å²) in [7, 11) is 0. The van der Waals surface area contributed by atoms with Crippen molar-refractivity contribution < 1.29 is 19.7 Å². The van der Waals surface area contributed by atoms with E-state index in [4.69, 9.17) is 26.4 Å². The van der Waals surface area contributed by atoms with Gasteiger partial charge in [-0.3, -0.25) is 0 Å². The molecule has 0 spiro atoms. The first-order chi connectivity index (χ1) is 12.3. The number of carboxylic acids is 1. The van der Waals surface area contributed by atoms with E-state index in [0.717, 1.165) is 36.8 Å². The minimum absolute atomic E-state index is 0.626. The van der Waals surface area contributed by atoms with Gasteiger partial charge in [-0.1, -0.05) is 0 Å². The second-order valence-corrected chi connectivity index (χ2v) is 6.60. The number of ether oxygens (including phenoxy) is 1. The molecule has 26 heavy (non-hydrogen) atoms. The first kappa shape index (κ1) is 20.0. The molecule has 1 unspecified atom stereocenters. The number of rotatable bonds is 3. The van der Waals surface area contributed by atoms with E-state index in [2.05, 4.69) is 27.6 Å². The number of fused-ring (bicyclic) bond motifs is 2. The van der Waals surface area contributed by atoms with Crippen molar-refractivity contribution in [2.45, 2.75) is 20.0 Å². The Morgan fingerprint density at radius 2 is 1.92 bits per heavy atom. The van der Waals surface area contributed by atoms with Crippen LogP contribution in [0.3, 0.4) is 0 Å². The Balaban J connectivity index is 0.000000352. The molecule has 0 bridgehead atoms. The van der Waals surface area contributed by atoms with E-state index in [1.807, 2.05) is 37.3 Å². The lowest BCUT2D eigenvalue weighted by atomic mass is 10.1. The van der Waals surface area contributed by atoms with Crippen molar-refractivity contribution in [1.82, 2.24) is 4.98 Å². The number of carbonyl (C=O) groups is 1. The number of hydrogen-bond donors (Lipinski definition) is 4. The van der Waals surface area contributed by atoms with Crippen LogP contribution >= 0.6 is 22.6 Å². The van der Waals surface area contributed by atoms with Crippen molar-refractivity contribution in [2.75, 3.05) is 18.1 Å². The van der Waals surface area contributed by atoms with Gasteiger partial charge < -0.3 is 26.4 Å². The van der Waals surface area contributed by atoms with Crippen LogP contribution in [0.25, 0.3) is 21.8 Å². The number of aliphatic carboxylic acids is 1. The summed E-state index contributed by atoms with van der Waals surface area (Å²) >= 11 is 2.20. The molecule has 1 aromatic heterocycles. The predicted molar refractivity (Wildman–Crippen MR) is 111 cm³/mol. The van der Waals surface area contributed by atoms with Crippen LogP contribution in [-0.4, -0.2) is 33.9 Å². The zero-order valence-electron chi connectivity index (χ0n) is 14.4. The quantitative estimate of drug-likeness (QED) is 0.264. The SMILES string of the molecule is CC(O)C(=O)O.CCOc1ccc2nc3c(I)c(N)ccc3c(N)c2c1. The van der Waals surface area contributed by atoms with Gasteiger partial charge in [0.1, 0.15) is 11.9 Å². The molecule has 0 aliphatic heterocycles. The topological polar surface area (TPSA) is 132 Å². The van der Waals surface area contributed by atoms with Crippen LogP contribution in [0.5, 0.6) is 5.75 Å². The fourth-order valence-corrected chi connectivity index (χ4v) is 2.85. The Morgan fingerprint density at radius 1 is 1.27 bits per heavy atom. The van der Waals surface area contributed by atoms with Crippen LogP contribution in [0.2, 0.25) is 0 Å². The average molecular weight is 469 g/mol. The van der Waals surface area contributed by atoms with Crippen molar-refractivity contribution in [2.24, 2.45) is 0 Å². The maximum absolute atomic E-state index is 9.45. The van der Waals surface area contributed by atoms with E-state index < -0.39 is 12.1 Å². The van der Waals surface area contributed by atoms with Crippen LogP contribution in [0, 0.1) is 3.57 Å². The van der Waals surface area contributed by atoms with E-state index in [0.29, 0.717) is 12.3 Å². The number of aliphatic hydroxyl groups excluding tert-OH is 1. The molecule has 7 nitrogen and oxygen atoms in total. The zero-order chi connectivity index (χ0) is 19.4. The lowest BCUT2D eigenvalue weighted by molar-refractivity contribution is -0.145. The summed E-state index contributed by atoms with van der Waals surface area (Å²) in [5, 5.41) is 17.6. The maximum atomic E-state index is 9.45. The highest BCUT2D eigenvalue weighted by atomic mass is 127. The van der Waals surface area contributed by atoms with Crippen molar-refractivity contribution in [3.8, 4) is 5.75 Å². The van der Waals surface area contributed by atoms with Crippen molar-refractivity contribution >= 4 is 61.7 Å². The standard InChI is InChI=1S/C15H14IN3O.C3H6O3/c1-2-20-8-3-6-12-10(7-8)14(18)9-4-5-11(17)13(16)15(9)19-12;1-2(4)3(5)6/h3-7H,2,17H2,1H3,(H2,18,19);2,4H,1H3,(H,5,6). The third-order valence-corrected chi connectivity index (χ3v) is 4.73. The Kier molecular flexibility index (Phi) is 6.43. The summed E-state index contributed by atoms with van der Waals surface area (Å²) in [5.74, 6) is -0.381. The Labute approximate surface area is 164 Å². The summed E-state index contributed by atoms with van der Waals surface area (Å²) in [5.41, 5.74) is 15.4. The smallest absolute Gasteiger partial charge is 0.332 e. The fourth-order valence-electron chi connectivity index (χ4n) is 2.26. The monoisotopic (exact) mass is 469 g/mol. The number of benzene rings is 2. The molecule has 1 atom stereocenters. The van der Waals surface area contributed by atoms with Crippen molar-refractivity contribution in [3.05, 3.63) is 33.9 Å². The van der Waals surface area contributed by atoms with E-state index in [9.17, 15) is 4.79 Å². The maximum Gasteiger partial charge on any atom is 0.332 e. The predicted octanol–water partition coefficient (Wildman–Crippen LogP) is 3.01. The molecule has 0 fully saturated rings. The van der Waals surface area contributed by atoms with Gasteiger partial charge in [-0.25, -0.2) is 9.78 Å². The molecule has 1 heterocycles. The number of aromatic nitrogens is 1. The van der Waals surface area contributed by atoms with Crippen molar-refractivity contribution in [3.63, 3.8) is 0 Å². The molecule has 138 valence electrons. The summed E-state index contributed by atoms with van der Waals surface area (Å²) < 4.78 is 6.45. The number of nitrogens with zero attached hydrogens (tertiary/aromatic N) is 1. The largest absolute Gasteiger partial charge is 0.494 e. The summed E-state index contributed by atoms with van der Waals surface area (Å²) in [4.78, 5) is 14.1. The number of nitrogen functional groups attached to an aromatic ring is 2. The van der Waals surface area contributed by atoms with Gasteiger partial charge >= 0.3 is 5.97 Å². The minimum Gasteiger partial charge on any atom is -0.494 e. The Morgan fingerprint density at radius 3 is 2.50 bits per heavy atom. The van der Waals surface area contributed by atoms with E-state index in [-0.39, 0.29) is 0 Å². The lowest BCUT2D eigenvalue weighted by Gasteiger charge is -2.11. The first-order valence-corrected chi connectivity index (χ1v) is 8.94. The summed E-state index contributed by atoms with van der Waals surface area (Å²) in [6, 6.07) is 9.55. The molecule has 8 heteroatoms. The zero-order valence-corrected chi connectivity index (χ0v) is 16.5.